The van der Waals surface area contributed by atoms with Gasteiger partial charge in [0, 0.05) is 24.8 Å². The molecule has 0 radical (unpaired) electrons. The first-order chi connectivity index (χ1) is 14.5. The zero-order chi connectivity index (χ0) is 21.1. The molecule has 4 rings (SSSR count). The van der Waals surface area contributed by atoms with Gasteiger partial charge < -0.3 is 10.2 Å². The molecule has 3 aromatic rings. The minimum Gasteiger partial charge on any atom is -0.341 e. The molecule has 0 saturated carbocycles. The second-order valence-corrected chi connectivity index (χ2v) is 8.06. The van der Waals surface area contributed by atoms with E-state index in [-0.39, 0.29) is 17.3 Å². The van der Waals surface area contributed by atoms with Gasteiger partial charge in [-0.1, -0.05) is 29.5 Å². The number of anilines is 2. The van der Waals surface area contributed by atoms with Gasteiger partial charge in [-0.05, 0) is 44.0 Å². The lowest BCUT2D eigenvalue weighted by Crippen LogP contribution is -2.22. The number of amides is 1. The summed E-state index contributed by atoms with van der Waals surface area (Å²) in [6.07, 6.45) is 2.22. The van der Waals surface area contributed by atoms with Crippen LogP contribution in [0.4, 0.5) is 20.4 Å². The van der Waals surface area contributed by atoms with Gasteiger partial charge in [0.1, 0.15) is 0 Å². The van der Waals surface area contributed by atoms with Crippen LogP contribution in [0.2, 0.25) is 0 Å². The van der Waals surface area contributed by atoms with Crippen molar-refractivity contribution in [2.75, 3.05) is 29.1 Å². The van der Waals surface area contributed by atoms with Crippen LogP contribution in [0.3, 0.4) is 0 Å². The molecule has 0 spiro atoms. The Labute approximate surface area is 177 Å². The number of hydrogen-bond acceptors (Lipinski definition) is 5. The van der Waals surface area contributed by atoms with Gasteiger partial charge in [0.25, 0.3) is 0 Å². The number of halogens is 2. The highest BCUT2D eigenvalue weighted by Gasteiger charge is 2.23. The quantitative estimate of drug-likeness (QED) is 0.596. The van der Waals surface area contributed by atoms with E-state index in [2.05, 4.69) is 20.4 Å². The predicted molar refractivity (Wildman–Crippen MR) is 113 cm³/mol. The molecule has 2 heterocycles. The van der Waals surface area contributed by atoms with Crippen LogP contribution < -0.4 is 10.2 Å². The van der Waals surface area contributed by atoms with E-state index < -0.39 is 11.6 Å². The zero-order valence-electron chi connectivity index (χ0n) is 16.4. The van der Waals surface area contributed by atoms with Crippen molar-refractivity contribution in [1.82, 2.24) is 14.8 Å². The minimum absolute atomic E-state index is 0.0585. The molecule has 0 atom stereocenters. The van der Waals surface area contributed by atoms with Crippen molar-refractivity contribution in [3.63, 3.8) is 0 Å². The Balaban J connectivity index is 1.52. The second kappa shape index (κ2) is 8.83. The first-order valence-corrected chi connectivity index (χ1v) is 10.6. The summed E-state index contributed by atoms with van der Waals surface area (Å²) in [5.74, 6) is -1.48. The Morgan fingerprint density at radius 1 is 1.07 bits per heavy atom. The molecule has 9 heteroatoms. The van der Waals surface area contributed by atoms with Gasteiger partial charge in [-0.3, -0.25) is 9.36 Å². The summed E-state index contributed by atoms with van der Waals surface area (Å²) in [6.45, 7) is 3.87. The Morgan fingerprint density at radius 2 is 1.80 bits per heavy atom. The van der Waals surface area contributed by atoms with Crippen LogP contribution in [0.15, 0.2) is 47.6 Å². The van der Waals surface area contributed by atoms with Gasteiger partial charge in [-0.2, -0.15) is 0 Å². The molecule has 0 aliphatic carbocycles. The molecule has 6 nitrogen and oxygen atoms in total. The summed E-state index contributed by atoms with van der Waals surface area (Å²) < 4.78 is 28.4. The third kappa shape index (κ3) is 4.46. The first-order valence-electron chi connectivity index (χ1n) is 9.66. The number of nitrogens with one attached hydrogen (secondary N) is 1. The molecule has 0 unspecified atom stereocenters. The predicted octanol–water partition coefficient (Wildman–Crippen LogP) is 4.18. The van der Waals surface area contributed by atoms with Crippen molar-refractivity contribution in [3.05, 3.63) is 59.7 Å². The fourth-order valence-electron chi connectivity index (χ4n) is 3.30. The van der Waals surface area contributed by atoms with Gasteiger partial charge in [0.2, 0.25) is 11.9 Å². The van der Waals surface area contributed by atoms with Crippen molar-refractivity contribution in [3.8, 4) is 5.69 Å². The van der Waals surface area contributed by atoms with Gasteiger partial charge >= 0.3 is 0 Å². The number of thioether (sulfide) groups is 1. The summed E-state index contributed by atoms with van der Waals surface area (Å²) in [7, 11) is 0. The summed E-state index contributed by atoms with van der Waals surface area (Å²) >= 11 is 1.24. The molecule has 1 aromatic heterocycles. The number of benzene rings is 2. The highest BCUT2D eigenvalue weighted by atomic mass is 32.2. The fourth-order valence-corrected chi connectivity index (χ4v) is 4.05. The maximum atomic E-state index is 13.3. The van der Waals surface area contributed by atoms with Crippen molar-refractivity contribution in [1.29, 1.82) is 0 Å². The zero-order valence-corrected chi connectivity index (χ0v) is 17.3. The van der Waals surface area contributed by atoms with Gasteiger partial charge in [-0.15, -0.1) is 10.2 Å². The average Bonchev–Trinajstić information content (AvgIpc) is 3.39. The lowest BCUT2D eigenvalue weighted by molar-refractivity contribution is -0.113. The van der Waals surface area contributed by atoms with Crippen molar-refractivity contribution in [2.24, 2.45) is 0 Å². The molecule has 1 amide bonds. The molecule has 1 fully saturated rings. The lowest BCUT2D eigenvalue weighted by Gasteiger charge is -2.18. The highest BCUT2D eigenvalue weighted by Crippen LogP contribution is 2.29. The SMILES string of the molecule is Cc1ccc(-n2c(SCC(=O)Nc3ccc(F)c(F)c3)nnc2N2CCCC2)cc1. The largest absolute Gasteiger partial charge is 0.341 e. The van der Waals surface area contributed by atoms with E-state index in [9.17, 15) is 13.6 Å². The highest BCUT2D eigenvalue weighted by molar-refractivity contribution is 7.99. The molecule has 1 aliphatic heterocycles. The van der Waals surface area contributed by atoms with Gasteiger partial charge in [-0.25, -0.2) is 8.78 Å². The monoisotopic (exact) mass is 429 g/mol. The molecule has 30 heavy (non-hydrogen) atoms. The smallest absolute Gasteiger partial charge is 0.234 e. The van der Waals surface area contributed by atoms with E-state index in [1.54, 1.807) is 0 Å². The Hall–Kier alpha value is -2.94. The number of hydrogen-bond donors (Lipinski definition) is 1. The summed E-state index contributed by atoms with van der Waals surface area (Å²) in [5, 5.41) is 11.9. The summed E-state index contributed by atoms with van der Waals surface area (Å²) in [6, 6.07) is 11.3. The maximum Gasteiger partial charge on any atom is 0.234 e. The van der Waals surface area contributed by atoms with Crippen LogP contribution in [-0.2, 0) is 4.79 Å². The van der Waals surface area contributed by atoms with Crippen LogP contribution in [0, 0.1) is 18.6 Å². The van der Waals surface area contributed by atoms with Crippen molar-refractivity contribution in [2.45, 2.75) is 24.9 Å². The maximum absolute atomic E-state index is 13.3. The Kier molecular flexibility index (Phi) is 5.98. The van der Waals surface area contributed by atoms with Gasteiger partial charge in [0.05, 0.1) is 11.4 Å². The Bertz CT molecular complexity index is 1050. The molecule has 0 bridgehead atoms. The third-order valence-electron chi connectivity index (χ3n) is 4.83. The van der Waals surface area contributed by atoms with E-state index >= 15 is 0 Å². The molecular weight excluding hydrogens is 408 g/mol. The van der Waals surface area contributed by atoms with Crippen LogP contribution in [-0.4, -0.2) is 39.5 Å². The normalized spacial score (nSPS) is 13.6. The van der Waals surface area contributed by atoms with Crippen molar-refractivity contribution >= 4 is 29.3 Å². The fraction of sp³-hybridized carbons (Fsp3) is 0.286. The molecular formula is C21H21F2N5OS. The van der Waals surface area contributed by atoms with Crippen LogP contribution in [0.25, 0.3) is 5.69 Å². The van der Waals surface area contributed by atoms with E-state index in [1.807, 2.05) is 35.8 Å². The second-order valence-electron chi connectivity index (χ2n) is 7.11. The van der Waals surface area contributed by atoms with E-state index in [0.717, 1.165) is 55.3 Å². The Morgan fingerprint density at radius 3 is 2.50 bits per heavy atom. The molecule has 1 aliphatic rings. The van der Waals surface area contributed by atoms with Crippen LogP contribution in [0.5, 0.6) is 0 Å². The van der Waals surface area contributed by atoms with Crippen LogP contribution in [0.1, 0.15) is 18.4 Å². The molecule has 1 N–H and O–H groups in total. The summed E-state index contributed by atoms with van der Waals surface area (Å²) in [4.78, 5) is 14.5. The van der Waals surface area contributed by atoms with E-state index in [0.29, 0.717) is 5.16 Å². The van der Waals surface area contributed by atoms with E-state index in [1.165, 1.54) is 17.8 Å². The van der Waals surface area contributed by atoms with Crippen LogP contribution >= 0.6 is 11.8 Å². The molecule has 1 saturated heterocycles. The topological polar surface area (TPSA) is 63.1 Å². The number of nitrogens with zero attached hydrogens (tertiary/aromatic N) is 4. The number of carbonyl (C=O) groups is 1. The first kappa shape index (κ1) is 20.3. The standard InChI is InChI=1S/C21H21F2N5OS/c1-14-4-7-16(8-5-14)28-20(27-10-2-3-11-27)25-26-21(28)30-13-19(29)24-15-6-9-17(22)18(23)12-15/h4-9,12H,2-3,10-11,13H2,1H3,(H,24,29). The minimum atomic E-state index is -1.00. The lowest BCUT2D eigenvalue weighted by atomic mass is 10.2. The number of carbonyl (C=O) groups excluding carboxylic acids is 1. The van der Waals surface area contributed by atoms with E-state index in [4.69, 9.17) is 0 Å². The number of rotatable bonds is 6. The molecule has 2 aromatic carbocycles. The average molecular weight is 429 g/mol. The number of aromatic nitrogens is 3. The van der Waals surface area contributed by atoms with Crippen molar-refractivity contribution < 1.29 is 13.6 Å². The summed E-state index contributed by atoms with van der Waals surface area (Å²) in [5.41, 5.74) is 2.28. The van der Waals surface area contributed by atoms with Gasteiger partial charge in [0.15, 0.2) is 16.8 Å². The molecule has 156 valence electrons. The third-order valence-corrected chi connectivity index (χ3v) is 5.76. The number of aryl methyl sites for hydroxylation is 1.